The van der Waals surface area contributed by atoms with Crippen molar-refractivity contribution in [3.8, 4) is 22.6 Å². The number of ether oxygens (including phenoxy) is 1. The molecule has 1 aliphatic heterocycles. The fourth-order valence-electron chi connectivity index (χ4n) is 4.44. The molecule has 0 aliphatic carbocycles. The number of para-hydroxylation sites is 1. The van der Waals surface area contributed by atoms with Crippen LogP contribution in [-0.2, 0) is 0 Å². The van der Waals surface area contributed by atoms with Gasteiger partial charge in [0.25, 0.3) is 0 Å². The van der Waals surface area contributed by atoms with Gasteiger partial charge in [0.05, 0.1) is 24.8 Å². The largest absolute Gasteiger partial charge is 0.494 e. The number of anilines is 2. The summed E-state index contributed by atoms with van der Waals surface area (Å²) in [4.78, 5) is 9.21. The van der Waals surface area contributed by atoms with E-state index in [2.05, 4.69) is 86.1 Å². The van der Waals surface area contributed by atoms with Crippen LogP contribution in [0.15, 0.2) is 85.3 Å². The van der Waals surface area contributed by atoms with E-state index in [1.165, 1.54) is 16.9 Å². The maximum atomic E-state index is 5.89. The predicted octanol–water partition coefficient (Wildman–Crippen LogP) is 5.18. The Kier molecular flexibility index (Phi) is 5.55. The highest BCUT2D eigenvalue weighted by atomic mass is 16.5. The van der Waals surface area contributed by atoms with Crippen LogP contribution in [0.3, 0.4) is 0 Å². The minimum Gasteiger partial charge on any atom is -0.494 e. The third-order valence-corrected chi connectivity index (χ3v) is 6.13. The second kappa shape index (κ2) is 8.79. The van der Waals surface area contributed by atoms with Gasteiger partial charge < -0.3 is 19.1 Å². The first-order chi connectivity index (χ1) is 15.7. The first-order valence-electron chi connectivity index (χ1n) is 11.1. The number of rotatable bonds is 5. The molecule has 0 radical (unpaired) electrons. The van der Waals surface area contributed by atoms with Gasteiger partial charge in [0.2, 0.25) is 0 Å². The highest BCUT2D eigenvalue weighted by Gasteiger charge is 2.21. The number of piperazine rings is 1. The van der Waals surface area contributed by atoms with E-state index in [1.807, 2.05) is 25.5 Å². The van der Waals surface area contributed by atoms with Gasteiger partial charge in [0, 0.05) is 49.3 Å². The lowest BCUT2D eigenvalue weighted by Crippen LogP contribution is -2.46. The second-order valence-electron chi connectivity index (χ2n) is 8.14. The van der Waals surface area contributed by atoms with E-state index in [0.29, 0.717) is 0 Å². The Labute approximate surface area is 189 Å². The van der Waals surface area contributed by atoms with Crippen molar-refractivity contribution < 1.29 is 4.74 Å². The SMILES string of the molecule is COc1c(-c2ccccc2)cccc1N1CCN(c2ccc(-n3cnc(C)c3)cc2)CC1. The molecule has 0 spiro atoms. The van der Waals surface area contributed by atoms with Crippen molar-refractivity contribution in [3.63, 3.8) is 0 Å². The molecule has 162 valence electrons. The summed E-state index contributed by atoms with van der Waals surface area (Å²) in [5, 5.41) is 0. The molecule has 1 aromatic heterocycles. The van der Waals surface area contributed by atoms with Gasteiger partial charge >= 0.3 is 0 Å². The third-order valence-electron chi connectivity index (χ3n) is 6.13. The van der Waals surface area contributed by atoms with Gasteiger partial charge in [-0.2, -0.15) is 0 Å². The van der Waals surface area contributed by atoms with Crippen molar-refractivity contribution in [1.82, 2.24) is 9.55 Å². The van der Waals surface area contributed by atoms with Crippen LogP contribution in [0.4, 0.5) is 11.4 Å². The highest BCUT2D eigenvalue weighted by molar-refractivity contribution is 5.79. The number of aryl methyl sites for hydroxylation is 1. The molecule has 1 saturated heterocycles. The molecule has 0 bridgehead atoms. The molecule has 5 heteroatoms. The third kappa shape index (κ3) is 3.94. The standard InChI is InChI=1S/C27H28N4O/c1-21-19-31(20-28-21)24-13-11-23(12-14-24)29-15-17-30(18-16-29)26-10-6-9-25(27(26)32-2)22-7-4-3-5-8-22/h3-14,19-20H,15-18H2,1-2H3. The molecule has 0 amide bonds. The number of aromatic nitrogens is 2. The number of imidazole rings is 1. The Morgan fingerprint density at radius 3 is 2.09 bits per heavy atom. The summed E-state index contributed by atoms with van der Waals surface area (Å²) in [6.07, 6.45) is 3.91. The number of hydrogen-bond acceptors (Lipinski definition) is 4. The van der Waals surface area contributed by atoms with Crippen LogP contribution < -0.4 is 14.5 Å². The van der Waals surface area contributed by atoms with E-state index in [1.54, 1.807) is 7.11 Å². The van der Waals surface area contributed by atoms with Crippen molar-refractivity contribution in [2.24, 2.45) is 0 Å². The fourth-order valence-corrected chi connectivity index (χ4v) is 4.44. The summed E-state index contributed by atoms with van der Waals surface area (Å²) in [5.41, 5.74) is 6.90. The molecule has 1 fully saturated rings. The highest BCUT2D eigenvalue weighted by Crippen LogP contribution is 2.38. The van der Waals surface area contributed by atoms with Gasteiger partial charge in [0.1, 0.15) is 5.75 Å². The molecule has 0 N–H and O–H groups in total. The van der Waals surface area contributed by atoms with Crippen molar-refractivity contribution in [2.75, 3.05) is 43.1 Å². The van der Waals surface area contributed by atoms with Crippen LogP contribution in [0.2, 0.25) is 0 Å². The average molecular weight is 425 g/mol. The Morgan fingerprint density at radius 1 is 0.750 bits per heavy atom. The van der Waals surface area contributed by atoms with Gasteiger partial charge in [-0.05, 0) is 42.8 Å². The Hall–Kier alpha value is -3.73. The van der Waals surface area contributed by atoms with Crippen LogP contribution in [0, 0.1) is 6.92 Å². The monoisotopic (exact) mass is 424 g/mol. The van der Waals surface area contributed by atoms with E-state index in [4.69, 9.17) is 4.74 Å². The summed E-state index contributed by atoms with van der Waals surface area (Å²) in [5.74, 6) is 0.951. The molecule has 3 aromatic carbocycles. The number of benzene rings is 3. The second-order valence-corrected chi connectivity index (χ2v) is 8.14. The maximum Gasteiger partial charge on any atom is 0.149 e. The minimum absolute atomic E-state index is 0.951. The molecule has 5 rings (SSSR count). The summed E-state index contributed by atoms with van der Waals surface area (Å²) in [7, 11) is 1.77. The molecule has 4 aromatic rings. The quantitative estimate of drug-likeness (QED) is 0.442. The molecular formula is C27H28N4O. The fraction of sp³-hybridized carbons (Fsp3) is 0.222. The van der Waals surface area contributed by atoms with Crippen molar-refractivity contribution >= 4 is 11.4 Å². The lowest BCUT2D eigenvalue weighted by Gasteiger charge is -2.38. The summed E-state index contributed by atoms with van der Waals surface area (Å²) in [6.45, 7) is 5.87. The van der Waals surface area contributed by atoms with Gasteiger partial charge in [0.15, 0.2) is 0 Å². The first kappa shape index (κ1) is 20.2. The lowest BCUT2D eigenvalue weighted by molar-refractivity contribution is 0.415. The van der Waals surface area contributed by atoms with Crippen molar-refractivity contribution in [2.45, 2.75) is 6.92 Å². The van der Waals surface area contributed by atoms with Gasteiger partial charge in [-0.1, -0.05) is 42.5 Å². The summed E-state index contributed by atoms with van der Waals surface area (Å²) >= 11 is 0. The number of hydrogen-bond donors (Lipinski definition) is 0. The van der Waals surface area contributed by atoms with Gasteiger partial charge in [-0.3, -0.25) is 0 Å². The number of methoxy groups -OCH3 is 1. The predicted molar refractivity (Wildman–Crippen MR) is 131 cm³/mol. The van der Waals surface area contributed by atoms with E-state index in [-0.39, 0.29) is 0 Å². The molecule has 2 heterocycles. The van der Waals surface area contributed by atoms with Gasteiger partial charge in [-0.15, -0.1) is 0 Å². The smallest absolute Gasteiger partial charge is 0.149 e. The van der Waals surface area contributed by atoms with E-state index >= 15 is 0 Å². The minimum atomic E-state index is 0.951. The molecule has 1 aliphatic rings. The van der Waals surface area contributed by atoms with Crippen molar-refractivity contribution in [1.29, 1.82) is 0 Å². The zero-order valence-electron chi connectivity index (χ0n) is 18.6. The number of nitrogens with zero attached hydrogens (tertiary/aromatic N) is 4. The molecule has 0 unspecified atom stereocenters. The summed E-state index contributed by atoms with van der Waals surface area (Å²) < 4.78 is 7.95. The summed E-state index contributed by atoms with van der Waals surface area (Å²) in [6, 6.07) is 25.6. The van der Waals surface area contributed by atoms with Crippen LogP contribution in [0.5, 0.6) is 5.75 Å². The molecular weight excluding hydrogens is 396 g/mol. The van der Waals surface area contributed by atoms with Crippen LogP contribution in [-0.4, -0.2) is 42.8 Å². The molecule has 0 saturated carbocycles. The van der Waals surface area contributed by atoms with E-state index in [9.17, 15) is 0 Å². The Morgan fingerprint density at radius 2 is 1.44 bits per heavy atom. The molecule has 5 nitrogen and oxygen atoms in total. The van der Waals surface area contributed by atoms with Crippen molar-refractivity contribution in [3.05, 3.63) is 91.0 Å². The van der Waals surface area contributed by atoms with E-state index < -0.39 is 0 Å². The van der Waals surface area contributed by atoms with Crippen LogP contribution in [0.1, 0.15) is 5.69 Å². The van der Waals surface area contributed by atoms with E-state index in [0.717, 1.165) is 48.9 Å². The molecule has 0 atom stereocenters. The Balaban J connectivity index is 1.31. The Bertz CT molecular complexity index is 1180. The van der Waals surface area contributed by atoms with Crippen LogP contribution in [0.25, 0.3) is 16.8 Å². The zero-order valence-corrected chi connectivity index (χ0v) is 18.6. The first-order valence-corrected chi connectivity index (χ1v) is 11.1. The average Bonchev–Trinajstić information content (AvgIpc) is 3.30. The topological polar surface area (TPSA) is 33.5 Å². The van der Waals surface area contributed by atoms with Gasteiger partial charge in [-0.25, -0.2) is 4.98 Å². The maximum absolute atomic E-state index is 5.89. The normalized spacial score (nSPS) is 13.9. The van der Waals surface area contributed by atoms with Crippen LogP contribution >= 0.6 is 0 Å². The molecule has 32 heavy (non-hydrogen) atoms. The zero-order chi connectivity index (χ0) is 21.9. The lowest BCUT2D eigenvalue weighted by atomic mass is 10.0.